The van der Waals surface area contributed by atoms with E-state index in [1.54, 1.807) is 0 Å². The molecular formula is C16H26N4O3. The van der Waals surface area contributed by atoms with Crippen molar-refractivity contribution in [2.45, 2.75) is 51.4 Å². The predicted octanol–water partition coefficient (Wildman–Crippen LogP) is 3.01. The number of aromatic nitrogens is 2. The zero-order valence-electron chi connectivity index (χ0n) is 13.8. The van der Waals surface area contributed by atoms with E-state index < -0.39 is 6.09 Å². The average Bonchev–Trinajstić information content (AvgIpc) is 3.04. The molecule has 23 heavy (non-hydrogen) atoms. The van der Waals surface area contributed by atoms with Crippen molar-refractivity contribution in [2.75, 3.05) is 31.6 Å². The second-order valence-corrected chi connectivity index (χ2v) is 6.52. The molecule has 4 rings (SSSR count). The molecule has 0 aliphatic carbocycles. The van der Waals surface area contributed by atoms with Crippen LogP contribution in [0.25, 0.3) is 0 Å². The topological polar surface area (TPSA) is 80.5 Å². The fourth-order valence-corrected chi connectivity index (χ4v) is 3.50. The summed E-state index contributed by atoms with van der Waals surface area (Å²) in [5, 5.41) is 6.40. The van der Waals surface area contributed by atoms with Crippen molar-refractivity contribution in [1.82, 2.24) is 15.0 Å². The molecule has 1 amide bonds. The van der Waals surface area contributed by atoms with E-state index in [0.29, 0.717) is 24.3 Å². The molecule has 3 aliphatic rings. The van der Waals surface area contributed by atoms with Gasteiger partial charge in [0.25, 0.3) is 5.95 Å². The Morgan fingerprint density at radius 2 is 2.17 bits per heavy atom. The molecule has 1 N–H and O–H groups in total. The van der Waals surface area contributed by atoms with E-state index in [9.17, 15) is 4.79 Å². The van der Waals surface area contributed by atoms with E-state index in [0.717, 1.165) is 25.8 Å². The van der Waals surface area contributed by atoms with E-state index >= 15 is 0 Å². The summed E-state index contributed by atoms with van der Waals surface area (Å²) in [7, 11) is 0. The molecule has 0 aromatic carbocycles. The van der Waals surface area contributed by atoms with E-state index in [1.807, 2.05) is 0 Å². The van der Waals surface area contributed by atoms with Crippen LogP contribution in [0.4, 0.5) is 10.7 Å². The Labute approximate surface area is 136 Å². The summed E-state index contributed by atoms with van der Waals surface area (Å²) in [6, 6.07) is 0. The van der Waals surface area contributed by atoms with Gasteiger partial charge in [-0.15, -0.1) is 0 Å². The molecule has 1 atom stereocenters. The zero-order chi connectivity index (χ0) is 16.1. The average molecular weight is 322 g/mol. The van der Waals surface area contributed by atoms with Gasteiger partial charge in [0, 0.05) is 6.54 Å². The minimum Gasteiger partial charge on any atom is -0.449 e. The lowest BCUT2D eigenvalue weighted by atomic mass is 9.79. The zero-order valence-corrected chi connectivity index (χ0v) is 13.8. The van der Waals surface area contributed by atoms with Gasteiger partial charge in [0.2, 0.25) is 5.89 Å². The molecule has 3 saturated heterocycles. The lowest BCUT2D eigenvalue weighted by molar-refractivity contribution is 0.0727. The molecule has 1 aromatic heterocycles. The molecule has 7 heteroatoms. The van der Waals surface area contributed by atoms with Gasteiger partial charge in [-0.1, -0.05) is 26.2 Å². The third kappa shape index (κ3) is 4.22. The van der Waals surface area contributed by atoms with Crippen LogP contribution < -0.4 is 5.32 Å². The van der Waals surface area contributed by atoms with E-state index in [4.69, 9.17) is 9.26 Å². The quantitative estimate of drug-likeness (QED) is 0.777. The number of ether oxygens (including phenoxy) is 1. The number of carbonyl (C=O) groups excluding carboxylic acids is 1. The van der Waals surface area contributed by atoms with Gasteiger partial charge in [-0.3, -0.25) is 5.32 Å². The minimum atomic E-state index is -0.511. The van der Waals surface area contributed by atoms with Gasteiger partial charge in [-0.2, -0.15) is 4.98 Å². The molecular weight excluding hydrogens is 296 g/mol. The van der Waals surface area contributed by atoms with Gasteiger partial charge in [0.1, 0.15) is 0 Å². The van der Waals surface area contributed by atoms with Crippen LogP contribution in [-0.4, -0.2) is 47.4 Å². The number of unbranched alkanes of at least 4 members (excludes halogenated alkanes) is 3. The molecule has 0 spiro atoms. The Morgan fingerprint density at radius 1 is 1.35 bits per heavy atom. The third-order valence-electron chi connectivity index (χ3n) is 4.86. The molecule has 3 aliphatic heterocycles. The maximum absolute atomic E-state index is 11.7. The maximum atomic E-state index is 11.7. The first-order valence-electron chi connectivity index (χ1n) is 8.76. The number of amides is 1. The second kappa shape index (κ2) is 7.77. The lowest BCUT2D eigenvalue weighted by Gasteiger charge is -2.43. The van der Waals surface area contributed by atoms with Crippen molar-refractivity contribution in [1.29, 1.82) is 0 Å². The summed E-state index contributed by atoms with van der Waals surface area (Å²) in [6.45, 7) is 5.90. The molecule has 0 saturated carbocycles. The number of hydrogen-bond donors (Lipinski definition) is 1. The largest absolute Gasteiger partial charge is 0.449 e. The summed E-state index contributed by atoms with van der Waals surface area (Å²) >= 11 is 0. The van der Waals surface area contributed by atoms with Gasteiger partial charge in [0.15, 0.2) is 0 Å². The van der Waals surface area contributed by atoms with Gasteiger partial charge >= 0.3 is 6.09 Å². The first-order chi connectivity index (χ1) is 11.3. The fourth-order valence-electron chi connectivity index (χ4n) is 3.50. The number of rotatable bonds is 7. The van der Waals surface area contributed by atoms with E-state index in [2.05, 4.69) is 27.3 Å². The Hall–Kier alpha value is -1.63. The van der Waals surface area contributed by atoms with Crippen molar-refractivity contribution in [2.24, 2.45) is 5.92 Å². The summed E-state index contributed by atoms with van der Waals surface area (Å²) in [5.74, 6) is 1.76. The third-order valence-corrected chi connectivity index (χ3v) is 4.86. The Morgan fingerprint density at radius 3 is 2.87 bits per heavy atom. The molecule has 1 aromatic rings. The van der Waals surface area contributed by atoms with Crippen LogP contribution >= 0.6 is 0 Å². The van der Waals surface area contributed by atoms with Crippen LogP contribution in [0.15, 0.2) is 4.52 Å². The van der Waals surface area contributed by atoms with Crippen LogP contribution in [0.3, 0.4) is 0 Å². The lowest BCUT2D eigenvalue weighted by Crippen LogP contribution is -2.46. The van der Waals surface area contributed by atoms with Crippen LogP contribution in [0.2, 0.25) is 0 Å². The van der Waals surface area contributed by atoms with Crippen molar-refractivity contribution in [3.05, 3.63) is 5.89 Å². The number of hydrogen-bond acceptors (Lipinski definition) is 6. The standard InChI is InChI=1S/C16H26N4O3/c1-2-3-4-5-10-22-16(21)18-15-17-14(23-19-15)13-11-20-8-6-12(13)7-9-20/h12-13H,2-11H2,1H3,(H,18,19,21). The highest BCUT2D eigenvalue weighted by molar-refractivity contribution is 5.81. The van der Waals surface area contributed by atoms with Crippen LogP contribution in [-0.2, 0) is 4.74 Å². The van der Waals surface area contributed by atoms with Gasteiger partial charge in [0.05, 0.1) is 12.5 Å². The highest BCUT2D eigenvalue weighted by Crippen LogP contribution is 2.38. The minimum absolute atomic E-state index is 0.204. The number of carbonyl (C=O) groups is 1. The highest BCUT2D eigenvalue weighted by Gasteiger charge is 2.38. The number of nitrogens with zero attached hydrogens (tertiary/aromatic N) is 3. The molecule has 128 valence electrons. The Kier molecular flexibility index (Phi) is 5.48. The molecule has 2 bridgehead atoms. The van der Waals surface area contributed by atoms with E-state index in [-0.39, 0.29) is 5.95 Å². The molecule has 0 radical (unpaired) electrons. The number of nitrogens with one attached hydrogen (secondary N) is 1. The molecule has 1 unspecified atom stereocenters. The molecule has 7 nitrogen and oxygen atoms in total. The SMILES string of the molecule is CCCCCCOC(=O)Nc1noc(C2CN3CCC2CC3)n1. The number of fused-ring (bicyclic) bond motifs is 3. The van der Waals surface area contributed by atoms with Crippen molar-refractivity contribution >= 4 is 12.0 Å². The summed E-state index contributed by atoms with van der Waals surface area (Å²) in [4.78, 5) is 18.5. The smallest absolute Gasteiger partial charge is 0.414 e. The fraction of sp³-hybridized carbons (Fsp3) is 0.812. The van der Waals surface area contributed by atoms with Crippen LogP contribution in [0.1, 0.15) is 57.3 Å². The number of piperidine rings is 3. The van der Waals surface area contributed by atoms with Crippen LogP contribution in [0.5, 0.6) is 0 Å². The van der Waals surface area contributed by atoms with Gasteiger partial charge in [-0.25, -0.2) is 4.79 Å². The predicted molar refractivity (Wildman–Crippen MR) is 85.3 cm³/mol. The summed E-state index contributed by atoms with van der Waals surface area (Å²) < 4.78 is 10.5. The second-order valence-electron chi connectivity index (χ2n) is 6.52. The number of anilines is 1. The molecule has 4 heterocycles. The van der Waals surface area contributed by atoms with Gasteiger partial charge < -0.3 is 14.2 Å². The molecule has 3 fully saturated rings. The first kappa shape index (κ1) is 16.2. The monoisotopic (exact) mass is 322 g/mol. The van der Waals surface area contributed by atoms with Crippen molar-refractivity contribution < 1.29 is 14.1 Å². The Balaban J connectivity index is 1.45. The summed E-state index contributed by atoms with van der Waals surface area (Å²) in [5.41, 5.74) is 0. The van der Waals surface area contributed by atoms with Crippen molar-refractivity contribution in [3.8, 4) is 0 Å². The Bertz CT molecular complexity index is 511. The first-order valence-corrected chi connectivity index (χ1v) is 8.76. The van der Waals surface area contributed by atoms with Crippen molar-refractivity contribution in [3.63, 3.8) is 0 Å². The maximum Gasteiger partial charge on any atom is 0.414 e. The summed E-state index contributed by atoms with van der Waals surface area (Å²) in [6.07, 6.45) is 6.16. The van der Waals surface area contributed by atoms with E-state index in [1.165, 1.54) is 32.4 Å². The van der Waals surface area contributed by atoms with Crippen LogP contribution in [0, 0.1) is 5.92 Å². The highest BCUT2D eigenvalue weighted by atomic mass is 16.5. The van der Waals surface area contributed by atoms with Gasteiger partial charge in [-0.05, 0) is 43.4 Å². The normalized spacial score (nSPS) is 26.2.